The van der Waals surface area contributed by atoms with Gasteiger partial charge in [0.15, 0.2) is 4.90 Å². The van der Waals surface area contributed by atoms with Crippen molar-refractivity contribution in [3.63, 3.8) is 0 Å². The second-order valence-electron chi connectivity index (χ2n) is 7.45. The number of aliphatic hydroxyl groups is 1. The second-order valence-corrected chi connectivity index (χ2v) is 8.83. The summed E-state index contributed by atoms with van der Waals surface area (Å²) < 4.78 is 17.3. The van der Waals surface area contributed by atoms with Crippen LogP contribution in [0.25, 0.3) is 0 Å². The molecule has 2 N–H and O–H groups in total. The smallest absolute Gasteiger partial charge is 0.256 e. The number of methoxy groups -OCH3 is 1. The molecule has 0 bridgehead atoms. The molecule has 8 heteroatoms. The van der Waals surface area contributed by atoms with Gasteiger partial charge in [-0.3, -0.25) is 9.79 Å². The van der Waals surface area contributed by atoms with Gasteiger partial charge < -0.3 is 24.6 Å². The quantitative estimate of drug-likeness (QED) is 0.705. The predicted octanol–water partition coefficient (Wildman–Crippen LogP) is 1.47. The average Bonchev–Trinajstić information content (AvgIpc) is 3.25. The van der Waals surface area contributed by atoms with E-state index in [1.54, 1.807) is 24.3 Å². The predicted molar refractivity (Wildman–Crippen MR) is 117 cm³/mol. The molecule has 1 unspecified atom stereocenters. The second kappa shape index (κ2) is 8.67. The number of nitrogens with zero attached hydrogens (tertiary/aromatic N) is 2. The Bertz CT molecular complexity index is 961. The molecule has 158 valence electrons. The molecular weight excluding hydrogens is 402 g/mol. The van der Waals surface area contributed by atoms with Crippen molar-refractivity contribution in [2.45, 2.75) is 23.3 Å². The van der Waals surface area contributed by atoms with Crippen LogP contribution in [0.15, 0.2) is 52.4 Å². The Labute approximate surface area is 178 Å². The number of anilines is 1. The maximum absolute atomic E-state index is 13.3. The maximum Gasteiger partial charge on any atom is 0.256 e. The van der Waals surface area contributed by atoms with Gasteiger partial charge in [0.2, 0.25) is 0 Å². The van der Waals surface area contributed by atoms with Crippen LogP contribution in [-0.4, -0.2) is 60.5 Å². The molecule has 30 heavy (non-hydrogen) atoms. The van der Waals surface area contributed by atoms with E-state index in [1.165, 1.54) is 0 Å². The van der Waals surface area contributed by atoms with Crippen LogP contribution in [0.4, 0.5) is 5.69 Å². The van der Waals surface area contributed by atoms with Gasteiger partial charge in [0.25, 0.3) is 5.91 Å². The van der Waals surface area contributed by atoms with Crippen LogP contribution in [0.1, 0.15) is 17.0 Å². The fraction of sp³-hybridized carbons (Fsp3) is 0.364. The van der Waals surface area contributed by atoms with Crippen molar-refractivity contribution in [2.75, 3.05) is 37.9 Å². The number of benzene rings is 2. The topological polar surface area (TPSA) is 97.2 Å². The number of aliphatic hydroxyl groups excluding tert-OH is 1. The third-order valence-corrected chi connectivity index (χ3v) is 6.53. The first-order chi connectivity index (χ1) is 14.5. The van der Waals surface area contributed by atoms with Gasteiger partial charge in [0.05, 0.1) is 20.2 Å². The van der Waals surface area contributed by atoms with Gasteiger partial charge in [-0.05, 0) is 59.1 Å². The first-order valence-corrected chi connectivity index (χ1v) is 11.4. The zero-order chi connectivity index (χ0) is 21.3. The van der Waals surface area contributed by atoms with Crippen molar-refractivity contribution < 1.29 is 19.2 Å². The third kappa shape index (κ3) is 4.03. The summed E-state index contributed by atoms with van der Waals surface area (Å²) >= 11 is -1.14. The zero-order valence-corrected chi connectivity index (χ0v) is 17.8. The van der Waals surface area contributed by atoms with Gasteiger partial charge >= 0.3 is 0 Å². The molecule has 0 saturated carbocycles. The Balaban J connectivity index is 1.76. The molecule has 0 aliphatic carbocycles. The van der Waals surface area contributed by atoms with E-state index in [0.29, 0.717) is 23.6 Å². The standard InChI is InChI=1S/C22H25N3O4S/c1-29-16-5-3-14(4-6-16)18-12-15-11-17(30(2)28)7-8-19(15)25(22(27)21(18)26)13-20-23-9-10-24-20/h3-8,11,18,21,26H,9-10,12-13H2,1-2H3,(H,23,24)/t18-,21+,30?/m0/s1. The van der Waals surface area contributed by atoms with E-state index in [9.17, 15) is 14.5 Å². The van der Waals surface area contributed by atoms with Crippen molar-refractivity contribution in [2.24, 2.45) is 4.99 Å². The largest absolute Gasteiger partial charge is 0.612 e. The van der Waals surface area contributed by atoms with Crippen LogP contribution in [-0.2, 0) is 22.4 Å². The Morgan fingerprint density at radius 2 is 2.07 bits per heavy atom. The number of hydrogen-bond acceptors (Lipinski definition) is 6. The highest BCUT2D eigenvalue weighted by Gasteiger charge is 2.37. The molecule has 0 fully saturated rings. The highest BCUT2D eigenvalue weighted by atomic mass is 32.2. The van der Waals surface area contributed by atoms with Crippen LogP contribution in [0.3, 0.4) is 0 Å². The Kier molecular flexibility index (Phi) is 5.99. The van der Waals surface area contributed by atoms with Gasteiger partial charge in [-0.15, -0.1) is 0 Å². The number of fused-ring (bicyclic) bond motifs is 1. The summed E-state index contributed by atoms with van der Waals surface area (Å²) in [6.07, 6.45) is 0.882. The highest BCUT2D eigenvalue weighted by molar-refractivity contribution is 7.90. The lowest BCUT2D eigenvalue weighted by Gasteiger charge is -2.25. The van der Waals surface area contributed by atoms with E-state index in [-0.39, 0.29) is 12.5 Å². The lowest BCUT2D eigenvalue weighted by atomic mass is 9.88. The van der Waals surface area contributed by atoms with Crippen LogP contribution in [0, 0.1) is 0 Å². The van der Waals surface area contributed by atoms with E-state index in [1.807, 2.05) is 36.4 Å². The van der Waals surface area contributed by atoms with Crippen molar-refractivity contribution in [1.82, 2.24) is 5.32 Å². The summed E-state index contributed by atoms with van der Waals surface area (Å²) in [4.78, 5) is 20.0. The fourth-order valence-electron chi connectivity index (χ4n) is 3.98. The maximum atomic E-state index is 13.3. The minimum Gasteiger partial charge on any atom is -0.612 e. The summed E-state index contributed by atoms with van der Waals surface area (Å²) in [7, 11) is 1.60. The Hall–Kier alpha value is -2.55. The van der Waals surface area contributed by atoms with Crippen LogP contribution >= 0.6 is 0 Å². The van der Waals surface area contributed by atoms with Gasteiger partial charge in [0.1, 0.15) is 23.9 Å². The molecule has 0 spiro atoms. The molecule has 3 atom stereocenters. The summed E-state index contributed by atoms with van der Waals surface area (Å²) in [5.74, 6) is 0.652. The number of rotatable bonds is 5. The van der Waals surface area contributed by atoms with Crippen molar-refractivity contribution in [3.8, 4) is 5.75 Å². The van der Waals surface area contributed by atoms with Crippen LogP contribution in [0.2, 0.25) is 0 Å². The molecule has 2 aliphatic rings. The van der Waals surface area contributed by atoms with E-state index in [0.717, 1.165) is 29.2 Å². The molecule has 7 nitrogen and oxygen atoms in total. The third-order valence-electron chi connectivity index (χ3n) is 5.61. The minimum atomic E-state index is -1.21. The summed E-state index contributed by atoms with van der Waals surface area (Å²) in [5.41, 5.74) is 2.46. The number of ether oxygens (including phenoxy) is 1. The van der Waals surface area contributed by atoms with Crippen molar-refractivity contribution >= 4 is 28.6 Å². The lowest BCUT2D eigenvalue weighted by Crippen LogP contribution is -2.45. The number of aliphatic imine (C=N–C) groups is 1. The lowest BCUT2D eigenvalue weighted by molar-refractivity contribution is -0.127. The molecule has 2 aliphatic heterocycles. The van der Waals surface area contributed by atoms with Gasteiger partial charge in [-0.25, -0.2) is 0 Å². The number of amides is 1. The first kappa shape index (κ1) is 20.7. The van der Waals surface area contributed by atoms with Gasteiger partial charge in [-0.2, -0.15) is 0 Å². The molecule has 2 aromatic rings. The van der Waals surface area contributed by atoms with E-state index in [4.69, 9.17) is 4.74 Å². The zero-order valence-electron chi connectivity index (χ0n) is 17.0. The molecule has 2 aromatic carbocycles. The number of carbonyl (C=O) groups is 1. The molecule has 1 amide bonds. The van der Waals surface area contributed by atoms with Crippen LogP contribution < -0.4 is 15.0 Å². The van der Waals surface area contributed by atoms with Crippen molar-refractivity contribution in [3.05, 3.63) is 53.6 Å². The molecule has 2 heterocycles. The van der Waals surface area contributed by atoms with Gasteiger partial charge in [-0.1, -0.05) is 12.1 Å². The summed E-state index contributed by atoms with van der Waals surface area (Å²) in [5, 5.41) is 14.2. The molecule has 0 aromatic heterocycles. The van der Waals surface area contributed by atoms with Crippen LogP contribution in [0.5, 0.6) is 5.75 Å². The normalized spacial score (nSPS) is 22.1. The first-order valence-electron chi connectivity index (χ1n) is 9.85. The Morgan fingerprint density at radius 1 is 1.30 bits per heavy atom. The van der Waals surface area contributed by atoms with E-state index in [2.05, 4.69) is 10.3 Å². The van der Waals surface area contributed by atoms with Crippen molar-refractivity contribution in [1.29, 1.82) is 0 Å². The molecular formula is C22H25N3O4S. The number of hydrogen-bond donors (Lipinski definition) is 2. The fourth-order valence-corrected chi connectivity index (χ4v) is 4.55. The number of nitrogens with one attached hydrogen (secondary N) is 1. The number of carbonyl (C=O) groups excluding carboxylic acids is 1. The molecule has 0 radical (unpaired) electrons. The molecule has 4 rings (SSSR count). The van der Waals surface area contributed by atoms with E-state index < -0.39 is 23.2 Å². The monoisotopic (exact) mass is 427 g/mol. The summed E-state index contributed by atoms with van der Waals surface area (Å²) in [6, 6.07) is 12.9. The average molecular weight is 428 g/mol. The SMILES string of the molecule is COc1ccc([C@@H]2Cc3cc([S+](C)[O-])ccc3N(CC3=NCCN3)C(=O)[C@@H]2O)cc1. The summed E-state index contributed by atoms with van der Waals surface area (Å²) in [6.45, 7) is 1.69. The van der Waals surface area contributed by atoms with Gasteiger partial charge in [0, 0.05) is 18.2 Å². The highest BCUT2D eigenvalue weighted by Crippen LogP contribution is 2.36. The number of amidine groups is 1. The molecule has 0 saturated heterocycles. The Morgan fingerprint density at radius 3 is 2.70 bits per heavy atom. The minimum absolute atomic E-state index is 0.271. The van der Waals surface area contributed by atoms with E-state index >= 15 is 0 Å².